The Morgan fingerprint density at radius 1 is 1.32 bits per heavy atom. The highest BCUT2D eigenvalue weighted by molar-refractivity contribution is 5.79. The number of aliphatic hydroxyl groups excluding tert-OH is 1. The van der Waals surface area contributed by atoms with Crippen molar-refractivity contribution in [3.8, 4) is 0 Å². The summed E-state index contributed by atoms with van der Waals surface area (Å²) in [6.45, 7) is 9.19. The third kappa shape index (κ3) is 5.41. The van der Waals surface area contributed by atoms with Crippen LogP contribution < -0.4 is 5.32 Å². The molecule has 1 aromatic rings. The van der Waals surface area contributed by atoms with Crippen molar-refractivity contribution in [3.63, 3.8) is 0 Å². The van der Waals surface area contributed by atoms with Gasteiger partial charge in [-0.15, -0.1) is 0 Å². The summed E-state index contributed by atoms with van der Waals surface area (Å²) in [6, 6.07) is 8.18. The first-order chi connectivity index (χ1) is 9.06. The van der Waals surface area contributed by atoms with Crippen LogP contribution in [0.4, 0.5) is 0 Å². The molecule has 2 N–H and O–H groups in total. The summed E-state index contributed by atoms with van der Waals surface area (Å²) in [6.07, 6.45) is -0.959. The van der Waals surface area contributed by atoms with Crippen molar-refractivity contribution >= 4 is 5.91 Å². The molecule has 0 spiro atoms. The molecule has 1 atom stereocenters. The Balaban J connectivity index is 2.59. The van der Waals surface area contributed by atoms with E-state index < -0.39 is 6.10 Å². The number of carbonyl (C=O) groups is 1. The molecule has 0 fully saturated rings. The first-order valence-electron chi connectivity index (χ1n) is 6.82. The van der Waals surface area contributed by atoms with Gasteiger partial charge in [0.25, 0.3) is 0 Å². The average Bonchev–Trinajstić information content (AvgIpc) is 2.42. The first-order valence-corrected chi connectivity index (χ1v) is 6.82. The standard InChI is InChI=1S/C15H24N2O2/c1-4-17(5-2)11-14-8-6-7-13(9-14)10-16-15(19)12(3)18/h6-9,12,18H,4-5,10-11H2,1-3H3,(H,16,19). The molecule has 0 aliphatic rings. The zero-order valence-corrected chi connectivity index (χ0v) is 12.0. The van der Waals surface area contributed by atoms with E-state index >= 15 is 0 Å². The summed E-state index contributed by atoms with van der Waals surface area (Å²) in [7, 11) is 0. The summed E-state index contributed by atoms with van der Waals surface area (Å²) >= 11 is 0. The molecule has 1 amide bonds. The van der Waals surface area contributed by atoms with Crippen LogP contribution in [0.1, 0.15) is 31.9 Å². The number of aliphatic hydroxyl groups is 1. The van der Waals surface area contributed by atoms with Gasteiger partial charge in [-0.2, -0.15) is 0 Å². The number of nitrogens with one attached hydrogen (secondary N) is 1. The van der Waals surface area contributed by atoms with Gasteiger partial charge >= 0.3 is 0 Å². The Labute approximate surface area is 115 Å². The maximum Gasteiger partial charge on any atom is 0.248 e. The first kappa shape index (κ1) is 15.7. The van der Waals surface area contributed by atoms with Crippen molar-refractivity contribution in [2.24, 2.45) is 0 Å². The van der Waals surface area contributed by atoms with E-state index in [0.29, 0.717) is 6.54 Å². The lowest BCUT2D eigenvalue weighted by Gasteiger charge is -2.18. The molecular formula is C15H24N2O2. The molecule has 0 aliphatic carbocycles. The van der Waals surface area contributed by atoms with E-state index in [4.69, 9.17) is 5.11 Å². The van der Waals surface area contributed by atoms with E-state index in [1.54, 1.807) is 0 Å². The Morgan fingerprint density at radius 2 is 1.95 bits per heavy atom. The van der Waals surface area contributed by atoms with Gasteiger partial charge < -0.3 is 10.4 Å². The van der Waals surface area contributed by atoms with Crippen LogP contribution in [-0.4, -0.2) is 35.1 Å². The Kier molecular flexibility index (Phi) is 6.53. The lowest BCUT2D eigenvalue weighted by atomic mass is 10.1. The van der Waals surface area contributed by atoms with Gasteiger partial charge in [0.05, 0.1) is 0 Å². The normalized spacial score (nSPS) is 12.5. The van der Waals surface area contributed by atoms with Gasteiger partial charge in [-0.3, -0.25) is 9.69 Å². The molecule has 106 valence electrons. The predicted molar refractivity (Wildman–Crippen MR) is 76.6 cm³/mol. The van der Waals surface area contributed by atoms with Crippen molar-refractivity contribution in [1.29, 1.82) is 0 Å². The van der Waals surface area contributed by atoms with Crippen molar-refractivity contribution in [3.05, 3.63) is 35.4 Å². The Bertz CT molecular complexity index is 401. The minimum absolute atomic E-state index is 0.339. The molecule has 0 saturated carbocycles. The second kappa shape index (κ2) is 7.92. The minimum Gasteiger partial charge on any atom is -0.384 e. The quantitative estimate of drug-likeness (QED) is 0.785. The molecule has 1 rings (SSSR count). The molecule has 4 heteroatoms. The van der Waals surface area contributed by atoms with Gasteiger partial charge in [0.1, 0.15) is 6.10 Å². The smallest absolute Gasteiger partial charge is 0.248 e. The van der Waals surface area contributed by atoms with Gasteiger partial charge in [-0.1, -0.05) is 38.1 Å². The van der Waals surface area contributed by atoms with Crippen molar-refractivity contribution in [2.45, 2.75) is 40.0 Å². The van der Waals surface area contributed by atoms with Crippen LogP contribution in [0, 0.1) is 0 Å². The van der Waals surface area contributed by atoms with E-state index in [2.05, 4.69) is 36.2 Å². The summed E-state index contributed by atoms with van der Waals surface area (Å²) < 4.78 is 0. The predicted octanol–water partition coefficient (Wildman–Crippen LogP) is 1.53. The molecule has 0 aliphatic heterocycles. The van der Waals surface area contributed by atoms with E-state index in [1.807, 2.05) is 12.1 Å². The van der Waals surface area contributed by atoms with Crippen molar-refractivity contribution < 1.29 is 9.90 Å². The minimum atomic E-state index is -0.959. The maximum absolute atomic E-state index is 11.3. The average molecular weight is 264 g/mol. The van der Waals surface area contributed by atoms with Crippen LogP contribution >= 0.6 is 0 Å². The molecule has 4 nitrogen and oxygen atoms in total. The molecule has 19 heavy (non-hydrogen) atoms. The maximum atomic E-state index is 11.3. The van der Waals surface area contributed by atoms with Crippen LogP contribution in [0.2, 0.25) is 0 Å². The fraction of sp³-hybridized carbons (Fsp3) is 0.533. The number of benzene rings is 1. The highest BCUT2D eigenvalue weighted by Crippen LogP contribution is 2.08. The zero-order valence-electron chi connectivity index (χ0n) is 12.0. The summed E-state index contributed by atoms with van der Waals surface area (Å²) in [5.41, 5.74) is 2.30. The van der Waals surface area contributed by atoms with E-state index in [-0.39, 0.29) is 5.91 Å². The fourth-order valence-corrected chi connectivity index (χ4v) is 1.88. The van der Waals surface area contributed by atoms with E-state index in [1.165, 1.54) is 12.5 Å². The molecule has 0 saturated heterocycles. The summed E-state index contributed by atoms with van der Waals surface area (Å²) in [5.74, 6) is -0.339. The van der Waals surface area contributed by atoms with E-state index in [0.717, 1.165) is 25.2 Å². The SMILES string of the molecule is CCN(CC)Cc1cccc(CNC(=O)C(C)O)c1. The molecule has 1 unspecified atom stereocenters. The van der Waals surface area contributed by atoms with Crippen molar-refractivity contribution in [2.75, 3.05) is 13.1 Å². The third-order valence-corrected chi connectivity index (χ3v) is 3.14. The van der Waals surface area contributed by atoms with Gasteiger partial charge in [0.2, 0.25) is 5.91 Å². The largest absolute Gasteiger partial charge is 0.384 e. The monoisotopic (exact) mass is 264 g/mol. The Hall–Kier alpha value is -1.39. The summed E-state index contributed by atoms with van der Waals surface area (Å²) in [5, 5.41) is 11.8. The van der Waals surface area contributed by atoms with Gasteiger partial charge in [0, 0.05) is 13.1 Å². The van der Waals surface area contributed by atoms with Crippen LogP contribution in [0.25, 0.3) is 0 Å². The van der Waals surface area contributed by atoms with Crippen LogP contribution in [0.15, 0.2) is 24.3 Å². The Morgan fingerprint density at radius 3 is 2.53 bits per heavy atom. The molecule has 0 aromatic heterocycles. The van der Waals surface area contributed by atoms with Gasteiger partial charge in [-0.25, -0.2) is 0 Å². The topological polar surface area (TPSA) is 52.6 Å². The summed E-state index contributed by atoms with van der Waals surface area (Å²) in [4.78, 5) is 13.6. The highest BCUT2D eigenvalue weighted by atomic mass is 16.3. The van der Waals surface area contributed by atoms with Gasteiger partial charge in [-0.05, 0) is 31.1 Å². The van der Waals surface area contributed by atoms with Crippen molar-refractivity contribution in [1.82, 2.24) is 10.2 Å². The number of hydrogen-bond acceptors (Lipinski definition) is 3. The molecule has 0 heterocycles. The number of carbonyl (C=O) groups excluding carboxylic acids is 1. The highest BCUT2D eigenvalue weighted by Gasteiger charge is 2.08. The van der Waals surface area contributed by atoms with Crippen LogP contribution in [0.3, 0.4) is 0 Å². The van der Waals surface area contributed by atoms with E-state index in [9.17, 15) is 4.79 Å². The molecule has 0 radical (unpaired) electrons. The van der Waals surface area contributed by atoms with Gasteiger partial charge in [0.15, 0.2) is 0 Å². The van der Waals surface area contributed by atoms with Crippen LogP contribution in [-0.2, 0) is 17.9 Å². The number of hydrogen-bond donors (Lipinski definition) is 2. The number of rotatable bonds is 7. The zero-order chi connectivity index (χ0) is 14.3. The molecule has 1 aromatic carbocycles. The number of amides is 1. The second-order valence-electron chi connectivity index (χ2n) is 4.68. The molecular weight excluding hydrogens is 240 g/mol. The molecule has 0 bridgehead atoms. The second-order valence-corrected chi connectivity index (χ2v) is 4.68. The fourth-order valence-electron chi connectivity index (χ4n) is 1.88. The number of nitrogens with zero attached hydrogens (tertiary/aromatic N) is 1. The lowest BCUT2D eigenvalue weighted by Crippen LogP contribution is -2.32. The lowest BCUT2D eigenvalue weighted by molar-refractivity contribution is -0.128. The van der Waals surface area contributed by atoms with Crippen LogP contribution in [0.5, 0.6) is 0 Å². The third-order valence-electron chi connectivity index (χ3n) is 3.14.